The van der Waals surface area contributed by atoms with Gasteiger partial charge in [0.2, 0.25) is 0 Å². The van der Waals surface area contributed by atoms with Gasteiger partial charge in [0.25, 0.3) is 5.15 Å². The summed E-state index contributed by atoms with van der Waals surface area (Å²) in [4.78, 5) is 11.5. The van der Waals surface area contributed by atoms with Crippen LogP contribution in [0.1, 0.15) is 31.1 Å². The Hall–Kier alpha value is -1.29. The third-order valence-electron chi connectivity index (χ3n) is 1.51. The van der Waals surface area contributed by atoms with E-state index in [2.05, 4.69) is 0 Å². The number of ether oxygens (including phenoxy) is 1. The van der Waals surface area contributed by atoms with Crippen LogP contribution in [-0.4, -0.2) is 11.6 Å². The molecule has 1 rings (SSSR count). The summed E-state index contributed by atoms with van der Waals surface area (Å²) in [5.74, 6) is -0.495. The van der Waals surface area contributed by atoms with Crippen molar-refractivity contribution in [1.29, 1.82) is 0 Å². The number of rotatable bonds is 1. The molecule has 0 aromatic carbocycles. The van der Waals surface area contributed by atoms with E-state index in [1.807, 2.05) is 0 Å². The van der Waals surface area contributed by atoms with Gasteiger partial charge in [-0.15, -0.1) is 0 Å². The van der Waals surface area contributed by atoms with Gasteiger partial charge in [0.05, 0.1) is 5.56 Å². The van der Waals surface area contributed by atoms with Gasteiger partial charge in [0, 0.05) is 12.1 Å². The summed E-state index contributed by atoms with van der Waals surface area (Å²) in [5.41, 5.74) is -0.297. The topological polar surface area (TPSA) is 53.2 Å². The minimum atomic E-state index is -0.563. The van der Waals surface area contributed by atoms with Crippen molar-refractivity contribution in [3.05, 3.63) is 34.3 Å². The molecular weight excluding hydrogens is 218 g/mol. The van der Waals surface area contributed by atoms with Crippen molar-refractivity contribution in [3.8, 4) is 0 Å². The smallest absolute Gasteiger partial charge is 0.339 e. The molecule has 1 aromatic rings. The first-order chi connectivity index (χ1) is 6.79. The van der Waals surface area contributed by atoms with Crippen LogP contribution in [0.5, 0.6) is 0 Å². The molecule has 0 N–H and O–H groups in total. The van der Waals surface area contributed by atoms with E-state index < -0.39 is 11.6 Å². The van der Waals surface area contributed by atoms with Crippen LogP contribution in [0.4, 0.5) is 0 Å². The van der Waals surface area contributed by atoms with Crippen LogP contribution >= 0.6 is 11.6 Å². The number of pyridine rings is 1. The van der Waals surface area contributed by atoms with E-state index in [-0.39, 0.29) is 10.7 Å². The molecule has 0 amide bonds. The van der Waals surface area contributed by atoms with Crippen LogP contribution in [0.15, 0.2) is 18.3 Å². The largest absolute Gasteiger partial charge is 0.618 e. The third-order valence-corrected chi connectivity index (χ3v) is 1.78. The van der Waals surface area contributed by atoms with Gasteiger partial charge in [-0.25, -0.2) is 4.79 Å². The zero-order valence-electron chi connectivity index (χ0n) is 8.78. The lowest BCUT2D eigenvalue weighted by molar-refractivity contribution is -0.603. The minimum Gasteiger partial charge on any atom is -0.618 e. The van der Waals surface area contributed by atoms with E-state index in [9.17, 15) is 10.0 Å². The average Bonchev–Trinajstić information content (AvgIpc) is 2.06. The van der Waals surface area contributed by atoms with Gasteiger partial charge < -0.3 is 9.94 Å². The predicted molar refractivity (Wildman–Crippen MR) is 55.6 cm³/mol. The Bertz CT molecular complexity index is 385. The Morgan fingerprint density at radius 3 is 2.60 bits per heavy atom. The summed E-state index contributed by atoms with van der Waals surface area (Å²) >= 11 is 5.57. The summed E-state index contributed by atoms with van der Waals surface area (Å²) in [7, 11) is 0. The van der Waals surface area contributed by atoms with Crippen molar-refractivity contribution >= 4 is 17.6 Å². The third kappa shape index (κ3) is 3.40. The van der Waals surface area contributed by atoms with E-state index in [1.165, 1.54) is 18.3 Å². The number of nitrogens with zero attached hydrogens (tertiary/aromatic N) is 1. The van der Waals surface area contributed by atoms with Gasteiger partial charge in [-0.2, -0.15) is 4.73 Å². The van der Waals surface area contributed by atoms with Gasteiger partial charge in [0.15, 0.2) is 6.20 Å². The minimum absolute atomic E-state index is 0.0571. The second kappa shape index (κ2) is 4.06. The van der Waals surface area contributed by atoms with Crippen LogP contribution < -0.4 is 4.73 Å². The Balaban J connectivity index is 2.88. The number of halogens is 1. The number of esters is 1. The molecule has 0 atom stereocenters. The standard InChI is InChI=1S/C10H12ClNO3/c1-10(2,3)15-9(13)7-4-5-12(14)8(11)6-7/h4-6H,1-3H3. The number of hydrogen-bond donors (Lipinski definition) is 0. The van der Waals surface area contributed by atoms with Gasteiger partial charge >= 0.3 is 5.97 Å². The molecule has 82 valence electrons. The van der Waals surface area contributed by atoms with Crippen molar-refractivity contribution in [2.24, 2.45) is 0 Å². The Morgan fingerprint density at radius 1 is 1.53 bits per heavy atom. The molecule has 0 aliphatic heterocycles. The van der Waals surface area contributed by atoms with Gasteiger partial charge in [-0.05, 0) is 32.4 Å². The van der Waals surface area contributed by atoms with Crippen LogP contribution in [0.2, 0.25) is 5.15 Å². The normalized spacial score (nSPS) is 11.2. The van der Waals surface area contributed by atoms with Gasteiger partial charge in [-0.1, -0.05) is 0 Å². The highest BCUT2D eigenvalue weighted by Crippen LogP contribution is 2.13. The molecule has 1 aromatic heterocycles. The fraction of sp³-hybridized carbons (Fsp3) is 0.400. The molecule has 0 radical (unpaired) electrons. The van der Waals surface area contributed by atoms with Crippen LogP contribution in [0, 0.1) is 5.21 Å². The molecule has 0 aliphatic carbocycles. The zero-order chi connectivity index (χ0) is 11.6. The SMILES string of the molecule is CC(C)(C)OC(=O)c1cc[n+]([O-])c(Cl)c1. The highest BCUT2D eigenvalue weighted by molar-refractivity contribution is 6.28. The van der Waals surface area contributed by atoms with E-state index >= 15 is 0 Å². The fourth-order valence-corrected chi connectivity index (χ4v) is 1.10. The number of aromatic nitrogens is 1. The van der Waals surface area contributed by atoms with Crippen LogP contribution in [0.3, 0.4) is 0 Å². The van der Waals surface area contributed by atoms with Gasteiger partial charge in [0.1, 0.15) is 5.60 Å². The van der Waals surface area contributed by atoms with Crippen molar-refractivity contribution in [3.63, 3.8) is 0 Å². The first kappa shape index (κ1) is 11.8. The van der Waals surface area contributed by atoms with Crippen LogP contribution in [0.25, 0.3) is 0 Å². The molecule has 0 unspecified atom stereocenters. The van der Waals surface area contributed by atoms with E-state index in [1.54, 1.807) is 20.8 Å². The summed E-state index contributed by atoms with van der Waals surface area (Å²) in [5, 5.41) is 10.9. The molecule has 0 aliphatic rings. The maximum atomic E-state index is 11.5. The molecule has 0 saturated heterocycles. The Morgan fingerprint density at radius 2 is 2.13 bits per heavy atom. The molecule has 0 saturated carbocycles. The van der Waals surface area contributed by atoms with Crippen molar-refractivity contribution in [2.75, 3.05) is 0 Å². The maximum absolute atomic E-state index is 11.5. The lowest BCUT2D eigenvalue weighted by Crippen LogP contribution is -2.28. The molecular formula is C10H12ClNO3. The van der Waals surface area contributed by atoms with E-state index in [4.69, 9.17) is 16.3 Å². The molecule has 4 nitrogen and oxygen atoms in total. The lowest BCUT2D eigenvalue weighted by atomic mass is 10.2. The molecule has 1 heterocycles. The number of carbonyl (C=O) groups is 1. The molecule has 5 heteroatoms. The number of hydrogen-bond acceptors (Lipinski definition) is 3. The van der Waals surface area contributed by atoms with Crippen molar-refractivity contribution in [2.45, 2.75) is 26.4 Å². The lowest BCUT2D eigenvalue weighted by Gasteiger charge is -2.19. The van der Waals surface area contributed by atoms with E-state index in [0.717, 1.165) is 0 Å². The monoisotopic (exact) mass is 229 g/mol. The molecule has 0 spiro atoms. The molecule has 0 fully saturated rings. The summed E-state index contributed by atoms with van der Waals surface area (Å²) in [6.07, 6.45) is 1.17. The zero-order valence-corrected chi connectivity index (χ0v) is 9.54. The second-order valence-corrected chi connectivity index (χ2v) is 4.45. The first-order valence-corrected chi connectivity index (χ1v) is 4.79. The van der Waals surface area contributed by atoms with E-state index in [0.29, 0.717) is 4.73 Å². The van der Waals surface area contributed by atoms with Crippen molar-refractivity contribution < 1.29 is 14.3 Å². The summed E-state index contributed by atoms with van der Waals surface area (Å²) in [6.45, 7) is 5.30. The Labute approximate surface area is 93.0 Å². The first-order valence-electron chi connectivity index (χ1n) is 4.42. The highest BCUT2D eigenvalue weighted by Gasteiger charge is 2.19. The number of carbonyl (C=O) groups excluding carboxylic acids is 1. The second-order valence-electron chi connectivity index (χ2n) is 4.07. The molecule has 0 bridgehead atoms. The average molecular weight is 230 g/mol. The van der Waals surface area contributed by atoms with Gasteiger partial charge in [-0.3, -0.25) is 0 Å². The summed E-state index contributed by atoms with van der Waals surface area (Å²) in [6, 6.07) is 2.65. The highest BCUT2D eigenvalue weighted by atomic mass is 35.5. The Kier molecular flexibility index (Phi) is 3.19. The fourth-order valence-electron chi connectivity index (χ4n) is 0.923. The maximum Gasteiger partial charge on any atom is 0.339 e. The van der Waals surface area contributed by atoms with Crippen molar-refractivity contribution in [1.82, 2.24) is 0 Å². The van der Waals surface area contributed by atoms with Crippen LogP contribution in [-0.2, 0) is 4.74 Å². The summed E-state index contributed by atoms with van der Waals surface area (Å²) < 4.78 is 5.58. The quantitative estimate of drug-likeness (QED) is 0.320. The predicted octanol–water partition coefficient (Wildman–Crippen LogP) is 1.93. The molecule has 15 heavy (non-hydrogen) atoms.